The van der Waals surface area contributed by atoms with Crippen molar-refractivity contribution in [3.63, 3.8) is 0 Å². The summed E-state index contributed by atoms with van der Waals surface area (Å²) in [4.78, 5) is 11.2. The van der Waals surface area contributed by atoms with Crippen LogP contribution in [0.25, 0.3) is 0 Å². The minimum Gasteiger partial charge on any atom is -0.491 e. The van der Waals surface area contributed by atoms with E-state index in [2.05, 4.69) is 0 Å². The van der Waals surface area contributed by atoms with E-state index in [1.807, 2.05) is 13.8 Å². The van der Waals surface area contributed by atoms with Crippen LogP contribution in [0, 0.1) is 5.82 Å². The van der Waals surface area contributed by atoms with Gasteiger partial charge in [0.25, 0.3) is 0 Å². The van der Waals surface area contributed by atoms with Crippen molar-refractivity contribution in [1.82, 2.24) is 0 Å². The predicted octanol–water partition coefficient (Wildman–Crippen LogP) is 3.89. The Morgan fingerprint density at radius 1 is 1.23 bits per heavy atom. The van der Waals surface area contributed by atoms with E-state index < -0.39 is 11.8 Å². The van der Waals surface area contributed by atoms with Crippen LogP contribution in [0.4, 0.5) is 4.39 Å². The average molecular weight is 304 g/mol. The van der Waals surface area contributed by atoms with Crippen molar-refractivity contribution in [1.29, 1.82) is 0 Å². The number of benzene rings is 2. The van der Waals surface area contributed by atoms with E-state index in [0.29, 0.717) is 11.3 Å². The van der Waals surface area contributed by atoms with Crippen molar-refractivity contribution in [3.8, 4) is 11.5 Å². The van der Waals surface area contributed by atoms with E-state index in [1.165, 1.54) is 24.3 Å². The lowest BCUT2D eigenvalue weighted by Crippen LogP contribution is -2.08. The zero-order chi connectivity index (χ0) is 16.1. The zero-order valence-corrected chi connectivity index (χ0v) is 12.4. The maximum atomic E-state index is 13.5. The number of carbonyl (C=O) groups is 1. The van der Waals surface area contributed by atoms with Gasteiger partial charge in [-0.25, -0.2) is 9.18 Å². The normalized spacial score (nSPS) is 10.5. The molecule has 0 radical (unpaired) electrons. The van der Waals surface area contributed by atoms with Gasteiger partial charge in [0.15, 0.2) is 11.6 Å². The molecule has 4 nitrogen and oxygen atoms in total. The number of hydrogen-bond donors (Lipinski definition) is 1. The highest BCUT2D eigenvalue weighted by Crippen LogP contribution is 2.22. The molecule has 0 unspecified atom stereocenters. The molecule has 116 valence electrons. The molecule has 0 aliphatic carbocycles. The number of aromatic carboxylic acids is 1. The van der Waals surface area contributed by atoms with Crippen LogP contribution in [-0.2, 0) is 6.61 Å². The van der Waals surface area contributed by atoms with Crippen molar-refractivity contribution >= 4 is 5.97 Å². The summed E-state index contributed by atoms with van der Waals surface area (Å²) in [5, 5.41) is 9.14. The molecule has 0 aliphatic rings. The highest BCUT2D eigenvalue weighted by molar-refractivity contribution is 5.88. The fourth-order valence-electron chi connectivity index (χ4n) is 1.93. The van der Waals surface area contributed by atoms with Crippen LogP contribution < -0.4 is 9.47 Å². The first-order valence-electron chi connectivity index (χ1n) is 6.87. The lowest BCUT2D eigenvalue weighted by Gasteiger charge is -2.13. The second-order valence-corrected chi connectivity index (χ2v) is 5.06. The molecule has 5 heteroatoms. The molecule has 22 heavy (non-hydrogen) atoms. The zero-order valence-electron chi connectivity index (χ0n) is 12.4. The van der Waals surface area contributed by atoms with E-state index in [9.17, 15) is 9.18 Å². The van der Waals surface area contributed by atoms with Crippen molar-refractivity contribution in [2.45, 2.75) is 26.6 Å². The Labute approximate surface area is 128 Å². The molecule has 1 N–H and O–H groups in total. The molecule has 0 spiro atoms. The fraction of sp³-hybridized carbons (Fsp3) is 0.235. The molecule has 2 rings (SSSR count). The number of ether oxygens (including phenoxy) is 2. The third-order valence-corrected chi connectivity index (χ3v) is 2.82. The third-order valence-electron chi connectivity index (χ3n) is 2.82. The number of halogens is 1. The number of hydrogen-bond acceptors (Lipinski definition) is 3. The van der Waals surface area contributed by atoms with Gasteiger partial charge < -0.3 is 14.6 Å². The lowest BCUT2D eigenvalue weighted by molar-refractivity contribution is 0.0696. The van der Waals surface area contributed by atoms with E-state index in [1.54, 1.807) is 18.2 Å². The molecule has 0 fully saturated rings. The second kappa shape index (κ2) is 6.93. The average Bonchev–Trinajstić information content (AvgIpc) is 2.45. The standard InChI is InChI=1S/C17H17FO4/c1-11(2)22-14-8-12(7-13(9-14)17(19)20)10-21-16-6-4-3-5-15(16)18/h3-9,11H,10H2,1-2H3,(H,19,20). The molecule has 0 aliphatic heterocycles. The van der Waals surface area contributed by atoms with E-state index in [-0.39, 0.29) is 24.0 Å². The van der Waals surface area contributed by atoms with Crippen molar-refractivity contribution in [3.05, 3.63) is 59.4 Å². The fourth-order valence-corrected chi connectivity index (χ4v) is 1.93. The monoisotopic (exact) mass is 304 g/mol. The number of rotatable bonds is 6. The Hall–Kier alpha value is -2.56. The molecular weight excluding hydrogens is 287 g/mol. The quantitative estimate of drug-likeness (QED) is 0.879. The molecule has 0 atom stereocenters. The van der Waals surface area contributed by atoms with Crippen molar-refractivity contribution < 1.29 is 23.8 Å². The van der Waals surface area contributed by atoms with Crippen LogP contribution in [0.1, 0.15) is 29.8 Å². The first-order valence-corrected chi connectivity index (χ1v) is 6.87. The van der Waals surface area contributed by atoms with Gasteiger partial charge in [0.2, 0.25) is 0 Å². The summed E-state index contributed by atoms with van der Waals surface area (Å²) in [5.74, 6) is -0.950. The summed E-state index contributed by atoms with van der Waals surface area (Å²) < 4.78 is 24.4. The Kier molecular flexibility index (Phi) is 4.99. The predicted molar refractivity (Wildman–Crippen MR) is 79.9 cm³/mol. The molecule has 0 amide bonds. The molecule has 2 aromatic carbocycles. The summed E-state index contributed by atoms with van der Waals surface area (Å²) in [6.45, 7) is 3.75. The van der Waals surface area contributed by atoms with E-state index >= 15 is 0 Å². The Balaban J connectivity index is 2.20. The van der Waals surface area contributed by atoms with Crippen LogP contribution >= 0.6 is 0 Å². The summed E-state index contributed by atoms with van der Waals surface area (Å²) in [6, 6.07) is 10.7. The molecule has 0 bridgehead atoms. The third kappa shape index (κ3) is 4.22. The maximum absolute atomic E-state index is 13.5. The van der Waals surface area contributed by atoms with Crippen LogP contribution in [0.2, 0.25) is 0 Å². The molecule has 2 aromatic rings. The van der Waals surface area contributed by atoms with Gasteiger partial charge in [-0.05, 0) is 49.7 Å². The molecule has 0 aromatic heterocycles. The molecular formula is C17H17FO4. The highest BCUT2D eigenvalue weighted by atomic mass is 19.1. The van der Waals surface area contributed by atoms with Crippen LogP contribution in [0.5, 0.6) is 11.5 Å². The minimum atomic E-state index is -1.05. The smallest absolute Gasteiger partial charge is 0.335 e. The van der Waals surface area contributed by atoms with Crippen molar-refractivity contribution in [2.75, 3.05) is 0 Å². The van der Waals surface area contributed by atoms with Crippen LogP contribution in [-0.4, -0.2) is 17.2 Å². The highest BCUT2D eigenvalue weighted by Gasteiger charge is 2.10. The second-order valence-electron chi connectivity index (χ2n) is 5.06. The van der Waals surface area contributed by atoms with Crippen LogP contribution in [0.3, 0.4) is 0 Å². The Bertz CT molecular complexity index is 667. The van der Waals surface area contributed by atoms with E-state index in [4.69, 9.17) is 14.6 Å². The maximum Gasteiger partial charge on any atom is 0.335 e. The van der Waals surface area contributed by atoms with Crippen LogP contribution in [0.15, 0.2) is 42.5 Å². The topological polar surface area (TPSA) is 55.8 Å². The molecule has 0 saturated heterocycles. The lowest BCUT2D eigenvalue weighted by atomic mass is 10.1. The van der Waals surface area contributed by atoms with Gasteiger partial charge in [-0.15, -0.1) is 0 Å². The van der Waals surface area contributed by atoms with Crippen molar-refractivity contribution in [2.24, 2.45) is 0 Å². The molecule has 0 saturated carbocycles. The first-order chi connectivity index (χ1) is 10.5. The van der Waals surface area contributed by atoms with E-state index in [0.717, 1.165) is 0 Å². The number of carboxylic acid groups (broad SMARTS) is 1. The largest absolute Gasteiger partial charge is 0.491 e. The number of para-hydroxylation sites is 1. The van der Waals surface area contributed by atoms with Gasteiger partial charge in [-0.2, -0.15) is 0 Å². The van der Waals surface area contributed by atoms with Gasteiger partial charge in [0, 0.05) is 0 Å². The summed E-state index contributed by atoms with van der Waals surface area (Å²) in [6.07, 6.45) is -0.0793. The van der Waals surface area contributed by atoms with Gasteiger partial charge in [0.1, 0.15) is 12.4 Å². The number of carboxylic acids is 1. The SMILES string of the molecule is CC(C)Oc1cc(COc2ccccc2F)cc(C(=O)O)c1. The molecule has 0 heterocycles. The van der Waals surface area contributed by atoms with Gasteiger partial charge in [-0.3, -0.25) is 0 Å². The van der Waals surface area contributed by atoms with Gasteiger partial charge in [0.05, 0.1) is 11.7 Å². The van der Waals surface area contributed by atoms with Gasteiger partial charge >= 0.3 is 5.97 Å². The minimum absolute atomic E-state index is 0.0521. The Morgan fingerprint density at radius 2 is 1.95 bits per heavy atom. The summed E-state index contributed by atoms with van der Waals surface area (Å²) >= 11 is 0. The summed E-state index contributed by atoms with van der Waals surface area (Å²) in [7, 11) is 0. The first kappa shape index (κ1) is 15.8. The van der Waals surface area contributed by atoms with Gasteiger partial charge in [-0.1, -0.05) is 12.1 Å². The Morgan fingerprint density at radius 3 is 2.59 bits per heavy atom. The summed E-state index contributed by atoms with van der Waals surface area (Å²) in [5.41, 5.74) is 0.698.